The molecule has 1 amide bonds. The van der Waals surface area contributed by atoms with Crippen LogP contribution in [-0.2, 0) is 14.3 Å². The van der Waals surface area contributed by atoms with Crippen molar-refractivity contribution in [2.45, 2.75) is 24.7 Å². The maximum absolute atomic E-state index is 10.8. The van der Waals surface area contributed by atoms with Crippen LogP contribution < -0.4 is 5.32 Å². The zero-order valence-corrected chi connectivity index (χ0v) is 7.92. The molecule has 1 saturated heterocycles. The summed E-state index contributed by atoms with van der Waals surface area (Å²) >= 11 is 0. The molecule has 0 aromatic rings. The molecule has 7 heteroatoms. The fourth-order valence-electron chi connectivity index (χ4n) is 1.34. The van der Waals surface area contributed by atoms with E-state index in [0.717, 1.165) is 0 Å². The van der Waals surface area contributed by atoms with Crippen LogP contribution in [0.2, 0.25) is 0 Å². The van der Waals surface area contributed by atoms with Crippen LogP contribution in [0.4, 0.5) is 0 Å². The lowest BCUT2D eigenvalue weighted by atomic mass is 10.0. The molecule has 1 heterocycles. The Morgan fingerprint density at radius 2 is 2.13 bits per heavy atom. The molecule has 86 valence electrons. The first kappa shape index (κ1) is 11.9. The van der Waals surface area contributed by atoms with Gasteiger partial charge in [0.15, 0.2) is 6.10 Å². The lowest BCUT2D eigenvalue weighted by Crippen LogP contribution is -2.53. The first-order chi connectivity index (χ1) is 7.04. The van der Waals surface area contributed by atoms with Crippen molar-refractivity contribution in [3.8, 4) is 0 Å². The first-order valence-corrected chi connectivity index (χ1v) is 4.47. The fourth-order valence-corrected chi connectivity index (χ4v) is 1.34. The standard InChI is InChI=1S/C8H13NO6/c10-2-7(12)9-4-3-15-6(8(13)14)1-5(4)11/h4-6,10-11H,1-3H2,(H,9,12)(H,13,14). The van der Waals surface area contributed by atoms with Crippen LogP contribution in [0.25, 0.3) is 0 Å². The van der Waals surface area contributed by atoms with Crippen LogP contribution in [0.3, 0.4) is 0 Å². The van der Waals surface area contributed by atoms with Crippen LogP contribution in [0.15, 0.2) is 0 Å². The Kier molecular flexibility index (Phi) is 4.01. The van der Waals surface area contributed by atoms with Crippen molar-refractivity contribution in [3.63, 3.8) is 0 Å². The van der Waals surface area contributed by atoms with Crippen molar-refractivity contribution in [1.29, 1.82) is 0 Å². The van der Waals surface area contributed by atoms with E-state index >= 15 is 0 Å². The summed E-state index contributed by atoms with van der Waals surface area (Å²) < 4.78 is 4.91. The van der Waals surface area contributed by atoms with Crippen molar-refractivity contribution in [2.24, 2.45) is 0 Å². The maximum Gasteiger partial charge on any atom is 0.332 e. The minimum atomic E-state index is -1.14. The molecule has 1 aliphatic heterocycles. The third-order valence-electron chi connectivity index (χ3n) is 2.16. The van der Waals surface area contributed by atoms with E-state index in [4.69, 9.17) is 14.9 Å². The number of aliphatic hydroxyl groups is 2. The maximum atomic E-state index is 10.8. The highest BCUT2D eigenvalue weighted by atomic mass is 16.5. The van der Waals surface area contributed by atoms with Gasteiger partial charge in [0.05, 0.1) is 18.8 Å². The molecule has 15 heavy (non-hydrogen) atoms. The largest absolute Gasteiger partial charge is 0.479 e. The number of ether oxygens (including phenoxy) is 1. The Balaban J connectivity index is 2.45. The third-order valence-corrected chi connectivity index (χ3v) is 2.16. The van der Waals surface area contributed by atoms with Gasteiger partial charge in [0.25, 0.3) is 0 Å². The number of carbonyl (C=O) groups is 2. The summed E-state index contributed by atoms with van der Waals surface area (Å²) in [6, 6.07) is -0.666. The number of carbonyl (C=O) groups excluding carboxylic acids is 1. The zero-order chi connectivity index (χ0) is 11.4. The van der Waals surface area contributed by atoms with E-state index in [9.17, 15) is 14.7 Å². The van der Waals surface area contributed by atoms with Crippen molar-refractivity contribution >= 4 is 11.9 Å². The summed E-state index contributed by atoms with van der Waals surface area (Å²) in [7, 11) is 0. The van der Waals surface area contributed by atoms with Crippen molar-refractivity contribution in [1.82, 2.24) is 5.32 Å². The molecule has 1 aliphatic rings. The zero-order valence-electron chi connectivity index (χ0n) is 7.92. The molecule has 0 spiro atoms. The lowest BCUT2D eigenvalue weighted by Gasteiger charge is -2.31. The summed E-state index contributed by atoms with van der Waals surface area (Å²) in [6.07, 6.45) is -2.09. The number of nitrogens with one attached hydrogen (secondary N) is 1. The second-order valence-electron chi connectivity index (χ2n) is 3.30. The van der Waals surface area contributed by atoms with Crippen LogP contribution >= 0.6 is 0 Å². The monoisotopic (exact) mass is 219 g/mol. The summed E-state index contributed by atoms with van der Waals surface area (Å²) in [5.74, 6) is -1.77. The molecule has 0 aliphatic carbocycles. The van der Waals surface area contributed by atoms with Gasteiger partial charge in [-0.1, -0.05) is 0 Å². The summed E-state index contributed by atoms with van der Waals surface area (Å²) in [5, 5.41) is 28.9. The predicted octanol–water partition coefficient (Wildman–Crippen LogP) is -2.30. The Labute approximate surface area is 85.7 Å². The predicted molar refractivity (Wildman–Crippen MR) is 47.0 cm³/mol. The topological polar surface area (TPSA) is 116 Å². The SMILES string of the molecule is O=C(CO)NC1COC(C(=O)O)CC1O. The normalized spacial score (nSPS) is 30.9. The van der Waals surface area contributed by atoms with Gasteiger partial charge in [-0.3, -0.25) is 4.79 Å². The first-order valence-electron chi connectivity index (χ1n) is 4.47. The Morgan fingerprint density at radius 1 is 1.47 bits per heavy atom. The Bertz CT molecular complexity index is 256. The molecule has 0 saturated carbocycles. The van der Waals surface area contributed by atoms with E-state index in [1.807, 2.05) is 0 Å². The van der Waals surface area contributed by atoms with E-state index < -0.39 is 36.7 Å². The van der Waals surface area contributed by atoms with E-state index in [1.54, 1.807) is 0 Å². The van der Waals surface area contributed by atoms with Gasteiger partial charge in [0.2, 0.25) is 5.91 Å². The molecule has 1 rings (SSSR count). The molecular formula is C8H13NO6. The van der Waals surface area contributed by atoms with Gasteiger partial charge in [0.1, 0.15) is 6.61 Å². The summed E-state index contributed by atoms with van der Waals surface area (Å²) in [5.41, 5.74) is 0. The van der Waals surface area contributed by atoms with Crippen molar-refractivity contribution in [2.75, 3.05) is 13.2 Å². The summed E-state index contributed by atoms with van der Waals surface area (Å²) in [6.45, 7) is -0.755. The highest BCUT2D eigenvalue weighted by Gasteiger charge is 2.34. The Hall–Kier alpha value is -1.18. The minimum absolute atomic E-state index is 0.0777. The van der Waals surface area contributed by atoms with Crippen LogP contribution in [0.1, 0.15) is 6.42 Å². The molecule has 4 N–H and O–H groups in total. The number of hydrogen-bond acceptors (Lipinski definition) is 5. The van der Waals surface area contributed by atoms with Gasteiger partial charge in [-0.15, -0.1) is 0 Å². The average Bonchev–Trinajstić information content (AvgIpc) is 2.20. The molecule has 1 fully saturated rings. The number of hydrogen-bond donors (Lipinski definition) is 4. The van der Waals surface area contributed by atoms with Gasteiger partial charge < -0.3 is 25.4 Å². The minimum Gasteiger partial charge on any atom is -0.479 e. The van der Waals surface area contributed by atoms with Gasteiger partial charge in [0, 0.05) is 6.42 Å². The highest BCUT2D eigenvalue weighted by molar-refractivity contribution is 5.77. The smallest absolute Gasteiger partial charge is 0.332 e. The molecule has 3 atom stereocenters. The summed E-state index contributed by atoms with van der Waals surface area (Å²) in [4.78, 5) is 21.3. The van der Waals surface area contributed by atoms with Crippen molar-refractivity contribution < 1.29 is 29.6 Å². The number of rotatable bonds is 3. The van der Waals surface area contributed by atoms with Gasteiger partial charge in [-0.2, -0.15) is 0 Å². The third kappa shape index (κ3) is 3.15. The van der Waals surface area contributed by atoms with Crippen LogP contribution in [0, 0.1) is 0 Å². The lowest BCUT2D eigenvalue weighted by molar-refractivity contribution is -0.160. The highest BCUT2D eigenvalue weighted by Crippen LogP contribution is 2.14. The molecule has 3 unspecified atom stereocenters. The number of amides is 1. The van der Waals surface area contributed by atoms with E-state index in [1.165, 1.54) is 0 Å². The molecule has 7 nitrogen and oxygen atoms in total. The second kappa shape index (κ2) is 5.06. The van der Waals surface area contributed by atoms with E-state index in [0.29, 0.717) is 0 Å². The number of aliphatic carboxylic acids is 1. The van der Waals surface area contributed by atoms with E-state index in [2.05, 4.69) is 5.32 Å². The van der Waals surface area contributed by atoms with Gasteiger partial charge in [-0.05, 0) is 0 Å². The molecule has 0 radical (unpaired) electrons. The molecule has 0 aromatic carbocycles. The van der Waals surface area contributed by atoms with E-state index in [-0.39, 0.29) is 13.0 Å². The molecule has 0 aromatic heterocycles. The Morgan fingerprint density at radius 3 is 2.60 bits per heavy atom. The van der Waals surface area contributed by atoms with Gasteiger partial charge >= 0.3 is 5.97 Å². The fraction of sp³-hybridized carbons (Fsp3) is 0.750. The quantitative estimate of drug-likeness (QED) is 0.424. The van der Waals surface area contributed by atoms with Crippen LogP contribution in [-0.4, -0.2) is 58.7 Å². The van der Waals surface area contributed by atoms with Crippen LogP contribution in [0.5, 0.6) is 0 Å². The van der Waals surface area contributed by atoms with Crippen molar-refractivity contribution in [3.05, 3.63) is 0 Å². The van der Waals surface area contributed by atoms with Gasteiger partial charge in [-0.25, -0.2) is 4.79 Å². The number of aliphatic hydroxyl groups excluding tert-OH is 2. The number of carboxylic acid groups (broad SMARTS) is 1. The average molecular weight is 219 g/mol. The second-order valence-corrected chi connectivity index (χ2v) is 3.30. The molecular weight excluding hydrogens is 206 g/mol. The number of carboxylic acids is 1. The molecule has 0 bridgehead atoms.